The molecule has 2 aromatic heterocycles. The number of aryl methyl sites for hydroxylation is 1. The normalized spacial score (nSPS) is 11.1. The summed E-state index contributed by atoms with van der Waals surface area (Å²) in [5.74, 6) is 0.836. The third-order valence-electron chi connectivity index (χ3n) is 2.42. The van der Waals surface area contributed by atoms with Gasteiger partial charge in [0.05, 0.1) is 26.6 Å². The number of hydrogen-bond acceptors (Lipinski definition) is 3. The molecule has 0 bridgehead atoms. The monoisotopic (exact) mass is 249 g/mol. The van der Waals surface area contributed by atoms with Crippen LogP contribution in [0.5, 0.6) is 0 Å². The zero-order valence-corrected chi connectivity index (χ0v) is 10.1. The summed E-state index contributed by atoms with van der Waals surface area (Å²) in [5.41, 5.74) is 4.57. The molecule has 0 aliphatic heterocycles. The van der Waals surface area contributed by atoms with Gasteiger partial charge in [-0.1, -0.05) is 17.7 Å². The molecule has 5 heteroatoms. The highest BCUT2D eigenvalue weighted by Gasteiger charge is 2.11. The summed E-state index contributed by atoms with van der Waals surface area (Å²) in [5, 5.41) is 0.669. The van der Waals surface area contributed by atoms with Crippen molar-refractivity contribution in [3.63, 3.8) is 0 Å². The molecule has 3 aromatic rings. The predicted molar refractivity (Wildman–Crippen MR) is 66.9 cm³/mol. The molecule has 3 rings (SSSR count). The van der Waals surface area contributed by atoms with Gasteiger partial charge in [-0.15, -0.1) is 11.3 Å². The van der Waals surface area contributed by atoms with Crippen molar-refractivity contribution in [3.05, 3.63) is 34.4 Å². The summed E-state index contributed by atoms with van der Waals surface area (Å²) in [6, 6.07) is 5.72. The highest BCUT2D eigenvalue weighted by atomic mass is 35.5. The molecule has 3 nitrogen and oxygen atoms in total. The lowest BCUT2D eigenvalue weighted by molar-refractivity contribution is 1.24. The summed E-state index contributed by atoms with van der Waals surface area (Å²) in [7, 11) is 0. The Balaban J connectivity index is 2.27. The maximum Gasteiger partial charge on any atom is 0.150 e. The number of rotatable bonds is 1. The Morgan fingerprint density at radius 2 is 2.25 bits per heavy atom. The van der Waals surface area contributed by atoms with Gasteiger partial charge in [0.25, 0.3) is 0 Å². The summed E-state index contributed by atoms with van der Waals surface area (Å²) >= 11 is 7.65. The van der Waals surface area contributed by atoms with Gasteiger partial charge in [-0.2, -0.15) is 0 Å². The van der Waals surface area contributed by atoms with Crippen LogP contribution in [0.2, 0.25) is 5.02 Å². The van der Waals surface area contributed by atoms with Crippen molar-refractivity contribution in [2.75, 3.05) is 0 Å². The lowest BCUT2D eigenvalue weighted by atomic mass is 10.3. The van der Waals surface area contributed by atoms with Crippen molar-refractivity contribution in [2.45, 2.75) is 6.92 Å². The number of hydrogen-bond donors (Lipinski definition) is 1. The van der Waals surface area contributed by atoms with Crippen molar-refractivity contribution in [1.29, 1.82) is 0 Å². The van der Waals surface area contributed by atoms with Crippen LogP contribution in [0.1, 0.15) is 5.69 Å². The molecular weight excluding hydrogens is 242 g/mol. The molecule has 1 aromatic carbocycles. The zero-order chi connectivity index (χ0) is 11.1. The maximum atomic E-state index is 6.08. The molecule has 0 atom stereocenters. The van der Waals surface area contributed by atoms with Crippen LogP contribution in [-0.2, 0) is 0 Å². The average molecular weight is 250 g/mol. The van der Waals surface area contributed by atoms with Crippen molar-refractivity contribution in [3.8, 4) is 10.7 Å². The fourth-order valence-electron chi connectivity index (χ4n) is 1.63. The molecule has 0 saturated carbocycles. The fourth-order valence-corrected chi connectivity index (χ4v) is 2.60. The van der Waals surface area contributed by atoms with Crippen LogP contribution in [0.3, 0.4) is 0 Å². The molecule has 0 fully saturated rings. The third-order valence-corrected chi connectivity index (χ3v) is 3.66. The van der Waals surface area contributed by atoms with Crippen LogP contribution in [0, 0.1) is 6.92 Å². The molecular formula is C11H8ClN3S. The minimum Gasteiger partial charge on any atom is -0.337 e. The van der Waals surface area contributed by atoms with Crippen LogP contribution < -0.4 is 0 Å². The van der Waals surface area contributed by atoms with Crippen LogP contribution in [-0.4, -0.2) is 15.0 Å². The number of benzene rings is 1. The quantitative estimate of drug-likeness (QED) is 0.715. The van der Waals surface area contributed by atoms with E-state index in [-0.39, 0.29) is 0 Å². The third kappa shape index (κ3) is 1.42. The molecule has 0 radical (unpaired) electrons. The van der Waals surface area contributed by atoms with E-state index < -0.39 is 0 Å². The maximum absolute atomic E-state index is 6.08. The smallest absolute Gasteiger partial charge is 0.150 e. The van der Waals surface area contributed by atoms with E-state index in [0.29, 0.717) is 5.02 Å². The van der Waals surface area contributed by atoms with E-state index in [2.05, 4.69) is 15.0 Å². The minimum atomic E-state index is 0.669. The SMILES string of the molecule is Cc1ncsc1-c1nc2c(Cl)cccc2[nH]1. The molecule has 2 heterocycles. The number of imidazole rings is 1. The number of fused-ring (bicyclic) bond motifs is 1. The summed E-state index contributed by atoms with van der Waals surface area (Å²) in [6.45, 7) is 1.97. The predicted octanol–water partition coefficient (Wildman–Crippen LogP) is 3.65. The largest absolute Gasteiger partial charge is 0.337 e. The Morgan fingerprint density at radius 3 is 2.94 bits per heavy atom. The standard InChI is InChI=1S/C11H8ClN3S/c1-6-10(16-5-13-6)11-14-8-4-2-3-7(12)9(8)15-11/h2-5H,1H3,(H,14,15). The Bertz CT molecular complexity index is 656. The van der Waals surface area contributed by atoms with Gasteiger partial charge in [0.15, 0.2) is 5.82 Å². The van der Waals surface area contributed by atoms with E-state index in [1.807, 2.05) is 30.6 Å². The van der Waals surface area contributed by atoms with Crippen LogP contribution in [0.15, 0.2) is 23.7 Å². The van der Waals surface area contributed by atoms with E-state index in [9.17, 15) is 0 Å². The zero-order valence-electron chi connectivity index (χ0n) is 8.49. The first-order chi connectivity index (χ1) is 7.75. The first kappa shape index (κ1) is 9.81. The van der Waals surface area contributed by atoms with E-state index in [4.69, 9.17) is 11.6 Å². The van der Waals surface area contributed by atoms with Crippen LogP contribution in [0.25, 0.3) is 21.7 Å². The lowest BCUT2D eigenvalue weighted by Gasteiger charge is -1.90. The average Bonchev–Trinajstić information content (AvgIpc) is 2.84. The van der Waals surface area contributed by atoms with Gasteiger partial charge in [-0.25, -0.2) is 9.97 Å². The molecule has 16 heavy (non-hydrogen) atoms. The molecule has 1 N–H and O–H groups in total. The number of halogens is 1. The number of thiazole rings is 1. The molecule has 0 spiro atoms. The Hall–Kier alpha value is -1.39. The topological polar surface area (TPSA) is 41.6 Å². The van der Waals surface area contributed by atoms with Crippen LogP contribution in [0.4, 0.5) is 0 Å². The summed E-state index contributed by atoms with van der Waals surface area (Å²) in [4.78, 5) is 13.0. The van der Waals surface area contributed by atoms with Gasteiger partial charge >= 0.3 is 0 Å². The fraction of sp³-hybridized carbons (Fsp3) is 0.0909. The van der Waals surface area contributed by atoms with E-state index in [0.717, 1.165) is 27.4 Å². The second kappa shape index (κ2) is 3.57. The first-order valence-corrected chi connectivity index (χ1v) is 6.06. The highest BCUT2D eigenvalue weighted by Crippen LogP contribution is 2.29. The van der Waals surface area contributed by atoms with Gasteiger partial charge in [-0.3, -0.25) is 0 Å². The van der Waals surface area contributed by atoms with Gasteiger partial charge in [-0.05, 0) is 19.1 Å². The van der Waals surface area contributed by atoms with Gasteiger partial charge in [0.2, 0.25) is 0 Å². The van der Waals surface area contributed by atoms with Crippen molar-refractivity contribution in [2.24, 2.45) is 0 Å². The van der Waals surface area contributed by atoms with Crippen molar-refractivity contribution < 1.29 is 0 Å². The number of nitrogens with one attached hydrogen (secondary N) is 1. The van der Waals surface area contributed by atoms with E-state index in [1.165, 1.54) is 0 Å². The van der Waals surface area contributed by atoms with E-state index >= 15 is 0 Å². The Morgan fingerprint density at radius 1 is 1.38 bits per heavy atom. The number of para-hydroxylation sites is 1. The van der Waals surface area contributed by atoms with Crippen molar-refractivity contribution >= 4 is 34.0 Å². The molecule has 0 aliphatic carbocycles. The Labute approximate surface area is 101 Å². The molecule has 80 valence electrons. The van der Waals surface area contributed by atoms with Gasteiger partial charge in [0.1, 0.15) is 5.52 Å². The van der Waals surface area contributed by atoms with E-state index in [1.54, 1.807) is 11.3 Å². The summed E-state index contributed by atoms with van der Waals surface area (Å²) in [6.07, 6.45) is 0. The molecule has 0 saturated heterocycles. The first-order valence-electron chi connectivity index (χ1n) is 4.80. The number of aromatic nitrogens is 3. The van der Waals surface area contributed by atoms with Gasteiger partial charge in [0, 0.05) is 0 Å². The lowest BCUT2D eigenvalue weighted by Crippen LogP contribution is -1.79. The Kier molecular flexibility index (Phi) is 2.19. The minimum absolute atomic E-state index is 0.669. The second-order valence-electron chi connectivity index (χ2n) is 3.49. The van der Waals surface area contributed by atoms with Crippen molar-refractivity contribution in [1.82, 2.24) is 15.0 Å². The molecule has 0 amide bonds. The number of nitrogens with zero attached hydrogens (tertiary/aromatic N) is 2. The molecule has 0 unspecified atom stereocenters. The molecule has 0 aliphatic rings. The number of aromatic amines is 1. The van der Waals surface area contributed by atoms with Gasteiger partial charge < -0.3 is 4.98 Å². The second-order valence-corrected chi connectivity index (χ2v) is 4.75. The summed E-state index contributed by atoms with van der Waals surface area (Å²) < 4.78 is 0. The van der Waals surface area contributed by atoms with Crippen LogP contribution >= 0.6 is 22.9 Å². The number of H-pyrrole nitrogens is 1. The highest BCUT2D eigenvalue weighted by molar-refractivity contribution is 7.13.